The highest BCUT2D eigenvalue weighted by Crippen LogP contribution is 2.30. The first-order chi connectivity index (χ1) is 7.18. The number of rotatable bonds is 2. The van der Waals surface area contributed by atoms with Crippen LogP contribution in [0, 0.1) is 11.6 Å². The number of alkyl halides is 1. The number of nitrogens with one attached hydrogen (secondary N) is 1. The van der Waals surface area contributed by atoms with Gasteiger partial charge in [-0.3, -0.25) is 5.10 Å². The standard InChI is InChI=1S/C10H7ClF2N2/c11-10(6-4-14-15-5-6)8-3-7(12)1-2-9(8)13/h1-5,10H,(H,14,15). The van der Waals surface area contributed by atoms with Crippen LogP contribution in [0.1, 0.15) is 16.5 Å². The number of nitrogens with zero attached hydrogens (tertiary/aromatic N) is 1. The Bertz CT molecular complexity index is 456. The predicted molar refractivity (Wildman–Crippen MR) is 52.6 cm³/mol. The molecule has 0 fully saturated rings. The smallest absolute Gasteiger partial charge is 0.128 e. The summed E-state index contributed by atoms with van der Waals surface area (Å²) in [6.07, 6.45) is 3.02. The maximum Gasteiger partial charge on any atom is 0.128 e. The fourth-order valence-corrected chi connectivity index (χ4v) is 1.57. The monoisotopic (exact) mass is 228 g/mol. The van der Waals surface area contributed by atoms with Gasteiger partial charge in [0.1, 0.15) is 11.6 Å². The largest absolute Gasteiger partial charge is 0.285 e. The minimum Gasteiger partial charge on any atom is -0.285 e. The summed E-state index contributed by atoms with van der Waals surface area (Å²) in [5, 5.41) is 5.52. The van der Waals surface area contributed by atoms with Crippen molar-refractivity contribution in [1.82, 2.24) is 10.2 Å². The predicted octanol–water partition coefficient (Wildman–Crippen LogP) is 3.02. The lowest BCUT2D eigenvalue weighted by atomic mass is 10.1. The molecule has 5 heteroatoms. The Morgan fingerprint density at radius 3 is 2.80 bits per heavy atom. The molecular formula is C10H7ClF2N2. The lowest BCUT2D eigenvalue weighted by Gasteiger charge is -2.08. The molecule has 1 aromatic heterocycles. The molecule has 0 saturated carbocycles. The van der Waals surface area contributed by atoms with Crippen LogP contribution in [-0.2, 0) is 0 Å². The Morgan fingerprint density at radius 1 is 1.33 bits per heavy atom. The van der Waals surface area contributed by atoms with Crippen LogP contribution in [0.3, 0.4) is 0 Å². The van der Waals surface area contributed by atoms with E-state index in [1.807, 2.05) is 0 Å². The third-order valence-corrected chi connectivity index (χ3v) is 2.53. The van der Waals surface area contributed by atoms with Crippen LogP contribution in [0.4, 0.5) is 8.78 Å². The zero-order valence-corrected chi connectivity index (χ0v) is 8.30. The van der Waals surface area contributed by atoms with Gasteiger partial charge in [-0.15, -0.1) is 11.6 Å². The van der Waals surface area contributed by atoms with Gasteiger partial charge in [-0.25, -0.2) is 8.78 Å². The lowest BCUT2D eigenvalue weighted by Crippen LogP contribution is -1.96. The average molecular weight is 229 g/mol. The van der Waals surface area contributed by atoms with Gasteiger partial charge in [-0.05, 0) is 18.2 Å². The number of halogens is 3. The first-order valence-electron chi connectivity index (χ1n) is 4.26. The molecule has 1 atom stereocenters. The Kier molecular flexibility index (Phi) is 2.68. The van der Waals surface area contributed by atoms with Crippen LogP contribution in [0.15, 0.2) is 30.6 Å². The van der Waals surface area contributed by atoms with E-state index in [4.69, 9.17) is 11.6 Å². The van der Waals surface area contributed by atoms with E-state index >= 15 is 0 Å². The molecule has 1 aromatic carbocycles. The molecule has 2 nitrogen and oxygen atoms in total. The quantitative estimate of drug-likeness (QED) is 0.787. The third-order valence-electron chi connectivity index (χ3n) is 2.04. The molecule has 2 aromatic rings. The third kappa shape index (κ3) is 1.99. The van der Waals surface area contributed by atoms with Gasteiger partial charge in [-0.2, -0.15) is 5.10 Å². The molecule has 0 spiro atoms. The van der Waals surface area contributed by atoms with Gasteiger partial charge in [-0.1, -0.05) is 0 Å². The molecule has 1 N–H and O–H groups in total. The van der Waals surface area contributed by atoms with Gasteiger partial charge in [0, 0.05) is 17.3 Å². The first-order valence-corrected chi connectivity index (χ1v) is 4.70. The Morgan fingerprint density at radius 2 is 2.13 bits per heavy atom. The summed E-state index contributed by atoms with van der Waals surface area (Å²) < 4.78 is 26.2. The molecule has 0 bridgehead atoms. The van der Waals surface area contributed by atoms with Crippen LogP contribution in [-0.4, -0.2) is 10.2 Å². The number of aromatic amines is 1. The van der Waals surface area contributed by atoms with E-state index in [9.17, 15) is 8.78 Å². The molecule has 1 unspecified atom stereocenters. The van der Waals surface area contributed by atoms with Crippen LogP contribution in [0.5, 0.6) is 0 Å². The highest BCUT2D eigenvalue weighted by atomic mass is 35.5. The van der Waals surface area contributed by atoms with E-state index in [-0.39, 0.29) is 5.56 Å². The Hall–Kier alpha value is -1.42. The first kappa shape index (κ1) is 10.1. The SMILES string of the molecule is Fc1ccc(F)c(C(Cl)c2cn[nH]c2)c1. The van der Waals surface area contributed by atoms with Crippen molar-refractivity contribution >= 4 is 11.6 Å². The number of benzene rings is 1. The molecule has 0 radical (unpaired) electrons. The maximum absolute atomic E-state index is 13.3. The minimum absolute atomic E-state index is 0.109. The van der Waals surface area contributed by atoms with E-state index in [1.165, 1.54) is 6.20 Å². The summed E-state index contributed by atoms with van der Waals surface area (Å²) in [4.78, 5) is 0. The van der Waals surface area contributed by atoms with Crippen LogP contribution in [0.25, 0.3) is 0 Å². The highest BCUT2D eigenvalue weighted by Gasteiger charge is 2.16. The zero-order valence-electron chi connectivity index (χ0n) is 7.55. The summed E-state index contributed by atoms with van der Waals surface area (Å²) in [6, 6.07) is 3.19. The summed E-state index contributed by atoms with van der Waals surface area (Å²) in [6.45, 7) is 0. The second-order valence-corrected chi connectivity index (χ2v) is 3.50. The van der Waals surface area contributed by atoms with E-state index in [1.54, 1.807) is 6.20 Å². The number of hydrogen-bond donors (Lipinski definition) is 1. The van der Waals surface area contributed by atoms with Crippen molar-refractivity contribution in [1.29, 1.82) is 0 Å². The summed E-state index contributed by atoms with van der Waals surface area (Å²) in [5.74, 6) is -1.04. The molecule has 0 aliphatic rings. The summed E-state index contributed by atoms with van der Waals surface area (Å²) >= 11 is 5.98. The maximum atomic E-state index is 13.3. The van der Waals surface area contributed by atoms with Gasteiger partial charge in [0.05, 0.1) is 11.6 Å². The van der Waals surface area contributed by atoms with Crippen molar-refractivity contribution in [2.24, 2.45) is 0 Å². The summed E-state index contributed by atoms with van der Waals surface area (Å²) in [7, 11) is 0. The normalized spacial score (nSPS) is 12.7. The Labute approximate surface area is 89.9 Å². The van der Waals surface area contributed by atoms with Crippen molar-refractivity contribution in [3.63, 3.8) is 0 Å². The van der Waals surface area contributed by atoms with E-state index in [2.05, 4.69) is 10.2 Å². The molecule has 0 aliphatic carbocycles. The molecule has 0 amide bonds. The molecule has 1 heterocycles. The summed E-state index contributed by atoms with van der Waals surface area (Å²) in [5.41, 5.74) is 0.708. The molecule has 2 rings (SSSR count). The van der Waals surface area contributed by atoms with Crippen LogP contribution >= 0.6 is 11.6 Å². The average Bonchev–Trinajstić information content (AvgIpc) is 2.74. The van der Waals surface area contributed by atoms with Crippen molar-refractivity contribution in [2.45, 2.75) is 5.38 Å². The fraction of sp³-hybridized carbons (Fsp3) is 0.100. The molecule has 0 aliphatic heterocycles. The highest BCUT2D eigenvalue weighted by molar-refractivity contribution is 6.22. The van der Waals surface area contributed by atoms with Crippen molar-refractivity contribution in [3.05, 3.63) is 53.4 Å². The van der Waals surface area contributed by atoms with Gasteiger partial charge < -0.3 is 0 Å². The van der Waals surface area contributed by atoms with Gasteiger partial charge in [0.25, 0.3) is 0 Å². The molecule has 0 saturated heterocycles. The second kappa shape index (κ2) is 3.98. The van der Waals surface area contributed by atoms with Crippen LogP contribution in [0.2, 0.25) is 0 Å². The van der Waals surface area contributed by atoms with Crippen molar-refractivity contribution in [2.75, 3.05) is 0 Å². The Balaban J connectivity index is 2.41. The minimum atomic E-state index is -0.737. The van der Waals surface area contributed by atoms with Crippen LogP contribution < -0.4 is 0 Å². The lowest BCUT2D eigenvalue weighted by molar-refractivity contribution is 0.587. The number of hydrogen-bond acceptors (Lipinski definition) is 1. The van der Waals surface area contributed by atoms with E-state index < -0.39 is 17.0 Å². The molecule has 15 heavy (non-hydrogen) atoms. The van der Waals surface area contributed by atoms with Gasteiger partial charge in [0.15, 0.2) is 0 Å². The molecular weight excluding hydrogens is 222 g/mol. The van der Waals surface area contributed by atoms with Gasteiger partial charge >= 0.3 is 0 Å². The zero-order chi connectivity index (χ0) is 10.8. The van der Waals surface area contributed by atoms with E-state index in [0.717, 1.165) is 18.2 Å². The van der Waals surface area contributed by atoms with Crippen molar-refractivity contribution < 1.29 is 8.78 Å². The van der Waals surface area contributed by atoms with E-state index in [0.29, 0.717) is 5.56 Å². The van der Waals surface area contributed by atoms with Crippen molar-refractivity contribution in [3.8, 4) is 0 Å². The van der Waals surface area contributed by atoms with Gasteiger partial charge in [0.2, 0.25) is 0 Å². The second-order valence-electron chi connectivity index (χ2n) is 3.06. The number of aromatic nitrogens is 2. The fourth-order valence-electron chi connectivity index (χ4n) is 1.29. The topological polar surface area (TPSA) is 28.7 Å². The number of H-pyrrole nitrogens is 1. The molecule has 78 valence electrons.